The van der Waals surface area contributed by atoms with Crippen LogP contribution < -0.4 is 5.73 Å². The number of sulfonamides is 1. The number of benzene rings is 1. The summed E-state index contributed by atoms with van der Waals surface area (Å²) < 4.78 is 32.7. The molecule has 1 aromatic rings. The lowest BCUT2D eigenvalue weighted by molar-refractivity contribution is -0.0114. The largest absolute Gasteiger partial charge is 0.389 e. The molecule has 3 rings (SSSR count). The molecule has 2 bridgehead atoms. The highest BCUT2D eigenvalue weighted by Crippen LogP contribution is 2.30. The minimum atomic E-state index is -3.58. The fraction of sp³-hybridized carbons (Fsp3) is 0.462. The Bertz CT molecular complexity index is 633. The summed E-state index contributed by atoms with van der Waals surface area (Å²) in [5.41, 5.74) is 6.04. The highest BCUT2D eigenvalue weighted by Gasteiger charge is 2.40. The van der Waals surface area contributed by atoms with Gasteiger partial charge in [-0.2, -0.15) is 4.31 Å². The molecule has 0 aliphatic carbocycles. The van der Waals surface area contributed by atoms with Gasteiger partial charge in [-0.25, -0.2) is 8.42 Å². The molecule has 0 aromatic heterocycles. The maximum atomic E-state index is 12.8. The third-order valence-electron chi connectivity index (χ3n) is 3.78. The van der Waals surface area contributed by atoms with Crippen molar-refractivity contribution in [3.8, 4) is 0 Å². The summed E-state index contributed by atoms with van der Waals surface area (Å²) >= 11 is 4.95. The van der Waals surface area contributed by atoms with E-state index in [2.05, 4.69) is 0 Å². The van der Waals surface area contributed by atoms with Crippen molar-refractivity contribution in [2.75, 3.05) is 13.1 Å². The highest BCUT2D eigenvalue weighted by molar-refractivity contribution is 7.89. The van der Waals surface area contributed by atoms with E-state index in [0.717, 1.165) is 12.8 Å². The van der Waals surface area contributed by atoms with Gasteiger partial charge in [0.05, 0.1) is 17.1 Å². The number of hydrogen-bond donors (Lipinski definition) is 1. The van der Waals surface area contributed by atoms with Gasteiger partial charge < -0.3 is 10.5 Å². The van der Waals surface area contributed by atoms with E-state index in [1.807, 2.05) is 0 Å². The first-order chi connectivity index (χ1) is 9.48. The van der Waals surface area contributed by atoms with E-state index in [9.17, 15) is 8.42 Å². The van der Waals surface area contributed by atoms with E-state index >= 15 is 0 Å². The molecule has 7 heteroatoms. The zero-order valence-corrected chi connectivity index (χ0v) is 12.5. The molecule has 2 aliphatic heterocycles. The molecular formula is C13H16N2O3S2. The van der Waals surface area contributed by atoms with Crippen LogP contribution in [-0.4, -0.2) is 43.0 Å². The van der Waals surface area contributed by atoms with Gasteiger partial charge in [-0.3, -0.25) is 0 Å². The Balaban J connectivity index is 1.98. The fourth-order valence-corrected chi connectivity index (χ4v) is 4.76. The molecule has 5 nitrogen and oxygen atoms in total. The zero-order valence-electron chi connectivity index (χ0n) is 10.9. The van der Waals surface area contributed by atoms with Gasteiger partial charge in [-0.05, 0) is 18.9 Å². The average Bonchev–Trinajstić information content (AvgIpc) is 2.77. The number of rotatable bonds is 3. The van der Waals surface area contributed by atoms with E-state index in [1.165, 1.54) is 4.31 Å². The van der Waals surface area contributed by atoms with E-state index in [4.69, 9.17) is 22.7 Å². The Kier molecular flexibility index (Phi) is 3.53. The van der Waals surface area contributed by atoms with E-state index in [-0.39, 0.29) is 22.1 Å². The monoisotopic (exact) mass is 312 g/mol. The van der Waals surface area contributed by atoms with Gasteiger partial charge in [0.1, 0.15) is 4.99 Å². The summed E-state index contributed by atoms with van der Waals surface area (Å²) in [6, 6.07) is 6.62. The number of thiocarbonyl (C=S) groups is 1. The van der Waals surface area contributed by atoms with Crippen molar-refractivity contribution in [3.05, 3.63) is 29.8 Å². The molecule has 0 radical (unpaired) electrons. The van der Waals surface area contributed by atoms with Crippen molar-refractivity contribution in [3.63, 3.8) is 0 Å². The Labute approximate surface area is 123 Å². The molecule has 0 saturated carbocycles. The molecular weight excluding hydrogens is 296 g/mol. The Morgan fingerprint density at radius 3 is 2.45 bits per heavy atom. The third kappa shape index (κ3) is 2.35. The lowest BCUT2D eigenvalue weighted by Gasteiger charge is -2.31. The Morgan fingerprint density at radius 2 is 1.85 bits per heavy atom. The van der Waals surface area contributed by atoms with Crippen molar-refractivity contribution >= 4 is 27.2 Å². The maximum absolute atomic E-state index is 12.8. The molecule has 0 amide bonds. The lowest BCUT2D eigenvalue weighted by Crippen LogP contribution is -2.46. The smallest absolute Gasteiger partial charge is 0.243 e. The first-order valence-corrected chi connectivity index (χ1v) is 8.38. The van der Waals surface area contributed by atoms with Gasteiger partial charge >= 0.3 is 0 Å². The van der Waals surface area contributed by atoms with Gasteiger partial charge in [0.25, 0.3) is 0 Å². The molecule has 2 fully saturated rings. The minimum absolute atomic E-state index is 0.0144. The van der Waals surface area contributed by atoms with Crippen LogP contribution in [0.15, 0.2) is 29.2 Å². The topological polar surface area (TPSA) is 72.6 Å². The number of ether oxygens (including phenoxy) is 1. The summed E-state index contributed by atoms with van der Waals surface area (Å²) in [5.74, 6) is 0. The molecule has 108 valence electrons. The van der Waals surface area contributed by atoms with Gasteiger partial charge in [-0.1, -0.05) is 30.4 Å². The Morgan fingerprint density at radius 1 is 1.25 bits per heavy atom. The van der Waals surface area contributed by atoms with Crippen LogP contribution in [-0.2, 0) is 14.8 Å². The van der Waals surface area contributed by atoms with Crippen LogP contribution in [0.3, 0.4) is 0 Å². The van der Waals surface area contributed by atoms with Crippen LogP contribution in [0.5, 0.6) is 0 Å². The third-order valence-corrected chi connectivity index (χ3v) is 5.89. The maximum Gasteiger partial charge on any atom is 0.243 e. The number of nitrogens with two attached hydrogens (primary N) is 1. The minimum Gasteiger partial charge on any atom is -0.389 e. The van der Waals surface area contributed by atoms with Crippen LogP contribution in [0, 0.1) is 0 Å². The highest BCUT2D eigenvalue weighted by atomic mass is 32.2. The molecule has 2 heterocycles. The van der Waals surface area contributed by atoms with Crippen molar-refractivity contribution < 1.29 is 13.2 Å². The molecule has 1 aromatic carbocycles. The summed E-state index contributed by atoms with van der Waals surface area (Å²) in [6.45, 7) is 0.814. The number of hydrogen-bond acceptors (Lipinski definition) is 4. The quantitative estimate of drug-likeness (QED) is 0.839. The average molecular weight is 312 g/mol. The summed E-state index contributed by atoms with van der Waals surface area (Å²) in [4.78, 5) is 0.286. The summed E-state index contributed by atoms with van der Waals surface area (Å²) in [7, 11) is -3.58. The van der Waals surface area contributed by atoms with Gasteiger partial charge in [0.15, 0.2) is 0 Å². The number of nitrogens with zero attached hydrogens (tertiary/aromatic N) is 1. The van der Waals surface area contributed by atoms with Crippen molar-refractivity contribution in [2.24, 2.45) is 5.73 Å². The predicted octanol–water partition coefficient (Wildman–Crippen LogP) is 0.873. The van der Waals surface area contributed by atoms with Crippen molar-refractivity contribution in [1.82, 2.24) is 4.31 Å². The van der Waals surface area contributed by atoms with Crippen molar-refractivity contribution in [2.45, 2.75) is 29.9 Å². The molecule has 2 aliphatic rings. The van der Waals surface area contributed by atoms with Crippen LogP contribution in [0.1, 0.15) is 18.4 Å². The second-order valence-electron chi connectivity index (χ2n) is 5.14. The molecule has 0 spiro atoms. The van der Waals surface area contributed by atoms with Gasteiger partial charge in [0, 0.05) is 18.7 Å². The Hall–Kier alpha value is -1.02. The van der Waals surface area contributed by atoms with Crippen LogP contribution in [0.2, 0.25) is 0 Å². The van der Waals surface area contributed by atoms with Gasteiger partial charge in [0.2, 0.25) is 10.0 Å². The first kappa shape index (κ1) is 13.9. The van der Waals surface area contributed by atoms with Crippen LogP contribution >= 0.6 is 12.2 Å². The number of morpholine rings is 1. The molecule has 20 heavy (non-hydrogen) atoms. The SMILES string of the molecule is NC(=S)c1ccccc1S(=O)(=O)N1CC2CCC(C1)O2. The van der Waals surface area contributed by atoms with Crippen LogP contribution in [0.4, 0.5) is 0 Å². The molecule has 2 atom stereocenters. The van der Waals surface area contributed by atoms with E-state index in [0.29, 0.717) is 18.7 Å². The van der Waals surface area contributed by atoms with E-state index < -0.39 is 10.0 Å². The first-order valence-electron chi connectivity index (χ1n) is 6.53. The summed E-state index contributed by atoms with van der Waals surface area (Å²) in [5, 5.41) is 0. The standard InChI is InChI=1S/C13H16N2O3S2/c14-13(19)11-3-1-2-4-12(11)20(16,17)15-7-9-5-6-10(8-15)18-9/h1-4,9-10H,5-8H2,(H2,14,19). The normalized spacial score (nSPS) is 26.6. The predicted molar refractivity (Wildman–Crippen MR) is 79.0 cm³/mol. The van der Waals surface area contributed by atoms with Crippen molar-refractivity contribution in [1.29, 1.82) is 0 Å². The second-order valence-corrected chi connectivity index (χ2v) is 7.49. The van der Waals surface area contributed by atoms with E-state index in [1.54, 1.807) is 24.3 Å². The van der Waals surface area contributed by atoms with Crippen LogP contribution in [0.25, 0.3) is 0 Å². The zero-order chi connectivity index (χ0) is 14.3. The molecule has 2 N–H and O–H groups in total. The fourth-order valence-electron chi connectivity index (χ4n) is 2.81. The van der Waals surface area contributed by atoms with Gasteiger partial charge in [-0.15, -0.1) is 0 Å². The lowest BCUT2D eigenvalue weighted by atomic mass is 10.2. The second kappa shape index (κ2) is 5.07. The molecule has 2 saturated heterocycles. The molecule has 2 unspecified atom stereocenters. The summed E-state index contributed by atoms with van der Waals surface area (Å²) in [6.07, 6.45) is 1.88. The number of fused-ring (bicyclic) bond motifs is 2.